The highest BCUT2D eigenvalue weighted by atomic mass is 32.2. The van der Waals surface area contributed by atoms with Gasteiger partial charge in [-0.15, -0.1) is 0 Å². The van der Waals surface area contributed by atoms with Crippen LogP contribution in [0.1, 0.15) is 56.2 Å². The van der Waals surface area contributed by atoms with Crippen molar-refractivity contribution in [3.63, 3.8) is 0 Å². The number of sulfone groups is 1. The van der Waals surface area contributed by atoms with Crippen molar-refractivity contribution in [1.29, 1.82) is 0 Å². The first-order chi connectivity index (χ1) is 12.2. The molecule has 2 N–H and O–H groups in total. The summed E-state index contributed by atoms with van der Waals surface area (Å²) in [4.78, 5) is 0.566. The third-order valence-corrected chi connectivity index (χ3v) is 6.58. The van der Waals surface area contributed by atoms with Gasteiger partial charge in [-0.3, -0.25) is 0 Å². The molecule has 2 aromatic rings. The van der Waals surface area contributed by atoms with Gasteiger partial charge in [0.15, 0.2) is 0 Å². The normalized spacial score (nSPS) is 11.8. The number of hydrogen-bond donors (Lipinski definition) is 2. The minimum Gasteiger partial charge on any atom is -0.508 e. The van der Waals surface area contributed by atoms with E-state index in [1.807, 2.05) is 39.8 Å². The van der Waals surface area contributed by atoms with E-state index in [9.17, 15) is 13.5 Å². The van der Waals surface area contributed by atoms with E-state index in [4.69, 9.17) is 0 Å². The highest BCUT2D eigenvalue weighted by Crippen LogP contribution is 2.33. The van der Waals surface area contributed by atoms with Crippen molar-refractivity contribution < 1.29 is 13.5 Å². The van der Waals surface area contributed by atoms with Crippen molar-refractivity contribution in [2.24, 2.45) is 0 Å². The number of benzene rings is 2. The lowest BCUT2D eigenvalue weighted by Gasteiger charge is -2.16. The van der Waals surface area contributed by atoms with Gasteiger partial charge in [0.25, 0.3) is 0 Å². The fourth-order valence-electron chi connectivity index (χ4n) is 3.17. The number of aromatic hydroxyl groups is 1. The monoisotopic (exact) mass is 375 g/mol. The van der Waals surface area contributed by atoms with Gasteiger partial charge in [0.2, 0.25) is 9.84 Å². The van der Waals surface area contributed by atoms with Gasteiger partial charge in [-0.1, -0.05) is 27.2 Å². The molecule has 0 spiro atoms. The van der Waals surface area contributed by atoms with E-state index >= 15 is 0 Å². The molecule has 0 heterocycles. The fraction of sp³-hybridized carbons (Fsp3) is 0.429. The van der Waals surface area contributed by atoms with Crippen molar-refractivity contribution in [1.82, 2.24) is 0 Å². The van der Waals surface area contributed by atoms with Gasteiger partial charge in [0.1, 0.15) is 5.75 Å². The minimum absolute atomic E-state index is 0.0393. The van der Waals surface area contributed by atoms with Crippen LogP contribution in [0.25, 0.3) is 0 Å². The summed E-state index contributed by atoms with van der Waals surface area (Å²) in [6, 6.07) is 8.30. The number of hydrogen-bond acceptors (Lipinski definition) is 4. The summed E-state index contributed by atoms with van der Waals surface area (Å²) in [6.45, 7) is 10.5. The summed E-state index contributed by atoms with van der Waals surface area (Å²) in [5.41, 5.74) is 3.03. The second-order valence-corrected chi connectivity index (χ2v) is 8.98. The molecular weight excluding hydrogens is 346 g/mol. The Hall–Kier alpha value is -2.01. The van der Waals surface area contributed by atoms with Crippen LogP contribution in [0.15, 0.2) is 40.1 Å². The topological polar surface area (TPSA) is 66.4 Å². The zero-order valence-corrected chi connectivity index (χ0v) is 17.1. The van der Waals surface area contributed by atoms with Crippen molar-refractivity contribution in [3.8, 4) is 5.75 Å². The lowest BCUT2D eigenvalue weighted by molar-refractivity contribution is 0.464. The van der Waals surface area contributed by atoms with Gasteiger partial charge in [-0.25, -0.2) is 8.42 Å². The van der Waals surface area contributed by atoms with Gasteiger partial charge in [0.05, 0.1) is 9.79 Å². The molecule has 0 aliphatic heterocycles. The highest BCUT2D eigenvalue weighted by Gasteiger charge is 2.24. The van der Waals surface area contributed by atoms with Crippen LogP contribution < -0.4 is 5.32 Å². The highest BCUT2D eigenvalue weighted by molar-refractivity contribution is 7.91. The summed E-state index contributed by atoms with van der Waals surface area (Å²) in [5, 5.41) is 13.3. The van der Waals surface area contributed by atoms with Gasteiger partial charge in [0, 0.05) is 12.2 Å². The van der Waals surface area contributed by atoms with Crippen LogP contribution in [0.3, 0.4) is 0 Å². The van der Waals surface area contributed by atoms with E-state index in [1.165, 1.54) is 12.1 Å². The zero-order chi connectivity index (χ0) is 19.5. The molecule has 0 bridgehead atoms. The Morgan fingerprint density at radius 1 is 1.08 bits per heavy atom. The molecular formula is C21H29NO3S. The molecule has 0 saturated carbocycles. The van der Waals surface area contributed by atoms with E-state index < -0.39 is 9.84 Å². The van der Waals surface area contributed by atoms with Crippen LogP contribution in [0.2, 0.25) is 0 Å². The van der Waals surface area contributed by atoms with Crippen molar-refractivity contribution >= 4 is 15.5 Å². The Morgan fingerprint density at radius 2 is 1.69 bits per heavy atom. The molecule has 2 aromatic carbocycles. The third kappa shape index (κ3) is 4.21. The van der Waals surface area contributed by atoms with E-state index in [1.54, 1.807) is 6.07 Å². The lowest BCUT2D eigenvalue weighted by atomic mass is 10.0. The van der Waals surface area contributed by atoms with Gasteiger partial charge >= 0.3 is 0 Å². The molecule has 0 saturated heterocycles. The predicted octanol–water partition coefficient (Wildman–Crippen LogP) is 5.18. The molecule has 0 aromatic heterocycles. The van der Waals surface area contributed by atoms with Crippen LogP contribution in [-0.2, 0) is 9.84 Å². The largest absolute Gasteiger partial charge is 0.508 e. The van der Waals surface area contributed by atoms with E-state index in [-0.39, 0.29) is 16.6 Å². The summed E-state index contributed by atoms with van der Waals surface area (Å²) in [5.74, 6) is 0.167. The minimum atomic E-state index is -3.65. The Bertz CT molecular complexity index is 863. The number of nitrogens with one attached hydrogen (secondary N) is 1. The molecule has 142 valence electrons. The Morgan fingerprint density at radius 3 is 2.23 bits per heavy atom. The lowest BCUT2D eigenvalue weighted by Crippen LogP contribution is -2.09. The first kappa shape index (κ1) is 20.3. The standard InChI is InChI=1S/C21H29NO3S/c1-6-7-10-22-17-11-15(4)21(16(5)12-17)26(24,25)18-8-9-20(23)19(13-18)14(2)3/h8-9,11-14,22-23H,6-7,10H2,1-5H3. The third-order valence-electron chi connectivity index (χ3n) is 4.52. The molecule has 0 amide bonds. The Labute approximate surface area is 157 Å². The maximum absolute atomic E-state index is 13.2. The predicted molar refractivity (Wildman–Crippen MR) is 107 cm³/mol. The average Bonchev–Trinajstić information content (AvgIpc) is 2.54. The summed E-state index contributed by atoms with van der Waals surface area (Å²) in [6.07, 6.45) is 2.18. The molecule has 5 heteroatoms. The summed E-state index contributed by atoms with van der Waals surface area (Å²) in [7, 11) is -3.65. The number of aryl methyl sites for hydroxylation is 2. The second-order valence-electron chi connectivity index (χ2n) is 7.10. The fourth-order valence-corrected chi connectivity index (χ4v) is 4.90. The van der Waals surface area contributed by atoms with Crippen LogP contribution in [0, 0.1) is 13.8 Å². The molecule has 2 rings (SSSR count). The number of anilines is 1. The summed E-state index contributed by atoms with van der Waals surface area (Å²) >= 11 is 0. The number of rotatable bonds is 7. The van der Waals surface area contributed by atoms with Crippen LogP contribution in [0.4, 0.5) is 5.69 Å². The molecule has 0 aliphatic carbocycles. The first-order valence-electron chi connectivity index (χ1n) is 9.11. The average molecular weight is 376 g/mol. The number of unbranched alkanes of at least 4 members (excludes halogenated alkanes) is 1. The molecule has 0 fully saturated rings. The van der Waals surface area contributed by atoms with Gasteiger partial charge in [-0.2, -0.15) is 0 Å². The van der Waals surface area contributed by atoms with Crippen molar-refractivity contribution in [2.75, 3.05) is 11.9 Å². The van der Waals surface area contributed by atoms with Crippen molar-refractivity contribution in [3.05, 3.63) is 47.0 Å². The Kier molecular flexibility index (Phi) is 6.34. The van der Waals surface area contributed by atoms with Crippen LogP contribution >= 0.6 is 0 Å². The Balaban J connectivity index is 2.48. The van der Waals surface area contributed by atoms with E-state index in [0.717, 1.165) is 36.2 Å². The number of phenols is 1. The van der Waals surface area contributed by atoms with Gasteiger partial charge < -0.3 is 10.4 Å². The SMILES string of the molecule is CCCCNc1cc(C)c(S(=O)(=O)c2ccc(O)c(C(C)C)c2)c(C)c1. The van der Waals surface area contributed by atoms with Crippen LogP contribution in [-0.4, -0.2) is 20.1 Å². The molecule has 0 unspecified atom stereocenters. The maximum atomic E-state index is 13.2. The molecule has 0 radical (unpaired) electrons. The summed E-state index contributed by atoms with van der Waals surface area (Å²) < 4.78 is 26.5. The number of phenolic OH excluding ortho intramolecular Hbond substituents is 1. The van der Waals surface area contributed by atoms with Crippen molar-refractivity contribution in [2.45, 2.75) is 63.2 Å². The zero-order valence-electron chi connectivity index (χ0n) is 16.3. The maximum Gasteiger partial charge on any atom is 0.207 e. The van der Waals surface area contributed by atoms with Crippen LogP contribution in [0.5, 0.6) is 5.75 Å². The second kappa shape index (κ2) is 8.12. The molecule has 0 atom stereocenters. The quantitative estimate of drug-likeness (QED) is 0.655. The van der Waals surface area contributed by atoms with E-state index in [2.05, 4.69) is 12.2 Å². The smallest absolute Gasteiger partial charge is 0.207 e. The molecule has 26 heavy (non-hydrogen) atoms. The molecule has 4 nitrogen and oxygen atoms in total. The molecule has 0 aliphatic rings. The first-order valence-corrected chi connectivity index (χ1v) is 10.6. The van der Waals surface area contributed by atoms with E-state index in [0.29, 0.717) is 10.5 Å². The van der Waals surface area contributed by atoms with Gasteiger partial charge in [-0.05, 0) is 73.2 Å².